The summed E-state index contributed by atoms with van der Waals surface area (Å²) in [6, 6.07) is 12.9. The summed E-state index contributed by atoms with van der Waals surface area (Å²) in [5, 5.41) is 3.46. The molecule has 0 aliphatic carbocycles. The van der Waals surface area contributed by atoms with E-state index in [4.69, 9.17) is 21.1 Å². The minimum absolute atomic E-state index is 0.202. The van der Waals surface area contributed by atoms with Gasteiger partial charge in [0.1, 0.15) is 18.1 Å². The Kier molecular flexibility index (Phi) is 6.32. The van der Waals surface area contributed by atoms with Gasteiger partial charge in [0, 0.05) is 5.02 Å². The number of ether oxygens (including phenoxy) is 2. The fraction of sp³-hybridized carbons (Fsp3) is 0.350. The second kappa shape index (κ2) is 8.26. The van der Waals surface area contributed by atoms with Crippen LogP contribution in [0.3, 0.4) is 0 Å². The molecule has 25 heavy (non-hydrogen) atoms. The minimum atomic E-state index is -0.992. The Bertz CT molecular complexity index is 726. The van der Waals surface area contributed by atoms with E-state index in [0.717, 1.165) is 11.3 Å². The van der Waals surface area contributed by atoms with Gasteiger partial charge in [0.2, 0.25) is 0 Å². The van der Waals surface area contributed by atoms with Crippen LogP contribution in [0.25, 0.3) is 0 Å². The summed E-state index contributed by atoms with van der Waals surface area (Å²) in [5.74, 6) is 1.22. The molecule has 0 fully saturated rings. The molecule has 0 heterocycles. The first kappa shape index (κ1) is 19.1. The van der Waals surface area contributed by atoms with Gasteiger partial charge in [0.05, 0.1) is 6.54 Å². The lowest BCUT2D eigenvalue weighted by Crippen LogP contribution is -2.47. The van der Waals surface area contributed by atoms with Crippen LogP contribution in [0, 0.1) is 13.8 Å². The predicted octanol–water partition coefficient (Wildman–Crippen LogP) is 4.31. The predicted molar refractivity (Wildman–Crippen MR) is 101 cm³/mol. The van der Waals surface area contributed by atoms with Crippen molar-refractivity contribution in [3.63, 3.8) is 0 Å². The van der Waals surface area contributed by atoms with E-state index in [-0.39, 0.29) is 5.91 Å². The van der Waals surface area contributed by atoms with Gasteiger partial charge >= 0.3 is 0 Å². The summed E-state index contributed by atoms with van der Waals surface area (Å²) >= 11 is 5.85. The van der Waals surface area contributed by atoms with Gasteiger partial charge in [-0.3, -0.25) is 4.79 Å². The second-order valence-corrected chi connectivity index (χ2v) is 6.88. The zero-order valence-corrected chi connectivity index (χ0v) is 15.8. The molecule has 0 aliphatic rings. The van der Waals surface area contributed by atoms with Crippen molar-refractivity contribution in [3.05, 3.63) is 58.6 Å². The van der Waals surface area contributed by atoms with Crippen LogP contribution in [0.1, 0.15) is 25.0 Å². The van der Waals surface area contributed by atoms with Crippen LogP contribution in [0.2, 0.25) is 5.02 Å². The number of amides is 1. The maximum absolute atomic E-state index is 12.3. The van der Waals surface area contributed by atoms with E-state index in [9.17, 15) is 4.79 Å². The molecule has 1 N–H and O–H groups in total. The van der Waals surface area contributed by atoms with Crippen LogP contribution < -0.4 is 14.8 Å². The Labute approximate surface area is 154 Å². The molecule has 0 bridgehead atoms. The summed E-state index contributed by atoms with van der Waals surface area (Å²) in [6.45, 7) is 8.29. The van der Waals surface area contributed by atoms with Crippen molar-refractivity contribution in [2.75, 3.05) is 13.2 Å². The van der Waals surface area contributed by atoms with E-state index in [1.54, 1.807) is 38.1 Å². The molecule has 0 spiro atoms. The third-order valence-corrected chi connectivity index (χ3v) is 3.96. The van der Waals surface area contributed by atoms with E-state index in [1.807, 2.05) is 26.0 Å². The van der Waals surface area contributed by atoms with E-state index in [2.05, 4.69) is 11.4 Å². The minimum Gasteiger partial charge on any atom is -0.491 e. The van der Waals surface area contributed by atoms with Crippen molar-refractivity contribution in [2.45, 2.75) is 33.3 Å². The second-order valence-electron chi connectivity index (χ2n) is 6.44. The SMILES string of the molecule is Cc1ccc(OCCNC(=O)C(C)(C)Oc2ccc(Cl)cc2)c(C)c1. The monoisotopic (exact) mass is 361 g/mol. The van der Waals surface area contributed by atoms with Crippen LogP contribution in [-0.4, -0.2) is 24.7 Å². The molecule has 2 rings (SSSR count). The Balaban J connectivity index is 1.81. The first-order chi connectivity index (χ1) is 11.8. The third kappa shape index (κ3) is 5.68. The Morgan fingerprint density at radius 3 is 2.44 bits per heavy atom. The highest BCUT2D eigenvalue weighted by Gasteiger charge is 2.29. The van der Waals surface area contributed by atoms with Gasteiger partial charge in [-0.1, -0.05) is 29.3 Å². The molecule has 0 unspecified atom stereocenters. The standard InChI is InChI=1S/C20H24ClNO3/c1-14-5-10-18(15(2)13-14)24-12-11-22-19(23)20(3,4)25-17-8-6-16(21)7-9-17/h5-10,13H,11-12H2,1-4H3,(H,22,23). The highest BCUT2D eigenvalue weighted by Crippen LogP contribution is 2.21. The van der Waals surface area contributed by atoms with Gasteiger partial charge in [-0.25, -0.2) is 0 Å². The molecule has 0 saturated heterocycles. The molecule has 2 aromatic carbocycles. The number of carbonyl (C=O) groups excluding carboxylic acids is 1. The Morgan fingerprint density at radius 1 is 1.12 bits per heavy atom. The molecular weight excluding hydrogens is 338 g/mol. The molecule has 2 aromatic rings. The van der Waals surface area contributed by atoms with Gasteiger partial charge < -0.3 is 14.8 Å². The first-order valence-corrected chi connectivity index (χ1v) is 8.59. The van der Waals surface area contributed by atoms with Gasteiger partial charge in [-0.05, 0) is 63.6 Å². The van der Waals surface area contributed by atoms with Gasteiger partial charge in [-0.2, -0.15) is 0 Å². The van der Waals surface area contributed by atoms with Crippen molar-refractivity contribution in [2.24, 2.45) is 0 Å². The van der Waals surface area contributed by atoms with Crippen molar-refractivity contribution in [3.8, 4) is 11.5 Å². The van der Waals surface area contributed by atoms with Crippen LogP contribution >= 0.6 is 11.6 Å². The quantitative estimate of drug-likeness (QED) is 0.747. The number of rotatable bonds is 7. The summed E-state index contributed by atoms with van der Waals surface area (Å²) in [7, 11) is 0. The average molecular weight is 362 g/mol. The molecule has 0 atom stereocenters. The normalized spacial score (nSPS) is 11.1. The molecule has 5 heteroatoms. The highest BCUT2D eigenvalue weighted by atomic mass is 35.5. The fourth-order valence-corrected chi connectivity index (χ4v) is 2.47. The van der Waals surface area contributed by atoms with Gasteiger partial charge in [0.25, 0.3) is 5.91 Å². The lowest BCUT2D eigenvalue weighted by atomic mass is 10.1. The van der Waals surface area contributed by atoms with Crippen LogP contribution in [0.5, 0.6) is 11.5 Å². The summed E-state index contributed by atoms with van der Waals surface area (Å²) in [6.07, 6.45) is 0. The van der Waals surface area contributed by atoms with E-state index < -0.39 is 5.60 Å². The fourth-order valence-electron chi connectivity index (χ4n) is 2.34. The van der Waals surface area contributed by atoms with E-state index in [0.29, 0.717) is 23.9 Å². The summed E-state index contributed by atoms with van der Waals surface area (Å²) in [4.78, 5) is 12.3. The summed E-state index contributed by atoms with van der Waals surface area (Å²) < 4.78 is 11.5. The third-order valence-electron chi connectivity index (χ3n) is 3.71. The van der Waals surface area contributed by atoms with Crippen molar-refractivity contribution >= 4 is 17.5 Å². The molecule has 134 valence electrons. The van der Waals surface area contributed by atoms with Crippen LogP contribution in [0.15, 0.2) is 42.5 Å². The van der Waals surface area contributed by atoms with E-state index >= 15 is 0 Å². The van der Waals surface area contributed by atoms with Crippen molar-refractivity contribution in [1.29, 1.82) is 0 Å². The van der Waals surface area contributed by atoms with Crippen LogP contribution in [0.4, 0.5) is 0 Å². The number of nitrogens with one attached hydrogen (secondary N) is 1. The van der Waals surface area contributed by atoms with Crippen molar-refractivity contribution in [1.82, 2.24) is 5.32 Å². The molecule has 0 aliphatic heterocycles. The van der Waals surface area contributed by atoms with Crippen LogP contribution in [-0.2, 0) is 4.79 Å². The largest absolute Gasteiger partial charge is 0.491 e. The number of benzene rings is 2. The lowest BCUT2D eigenvalue weighted by molar-refractivity contribution is -0.134. The maximum Gasteiger partial charge on any atom is 0.263 e. The Morgan fingerprint density at radius 2 is 1.80 bits per heavy atom. The van der Waals surface area contributed by atoms with Gasteiger partial charge in [-0.15, -0.1) is 0 Å². The molecular formula is C20H24ClNO3. The first-order valence-electron chi connectivity index (χ1n) is 8.21. The highest BCUT2D eigenvalue weighted by molar-refractivity contribution is 6.30. The number of halogens is 1. The zero-order valence-electron chi connectivity index (χ0n) is 15.1. The molecule has 0 saturated carbocycles. The maximum atomic E-state index is 12.3. The molecule has 0 aromatic heterocycles. The van der Waals surface area contributed by atoms with E-state index in [1.165, 1.54) is 5.56 Å². The van der Waals surface area contributed by atoms with Gasteiger partial charge in [0.15, 0.2) is 5.60 Å². The lowest BCUT2D eigenvalue weighted by Gasteiger charge is -2.25. The molecule has 0 radical (unpaired) electrons. The van der Waals surface area contributed by atoms with Crippen molar-refractivity contribution < 1.29 is 14.3 Å². The number of hydrogen-bond donors (Lipinski definition) is 1. The topological polar surface area (TPSA) is 47.6 Å². The number of hydrogen-bond acceptors (Lipinski definition) is 3. The number of aryl methyl sites for hydroxylation is 2. The Hall–Kier alpha value is -2.20. The molecule has 1 amide bonds. The average Bonchev–Trinajstić information content (AvgIpc) is 2.55. The number of carbonyl (C=O) groups is 1. The summed E-state index contributed by atoms with van der Waals surface area (Å²) in [5.41, 5.74) is 1.28. The smallest absolute Gasteiger partial charge is 0.263 e. The zero-order chi connectivity index (χ0) is 18.4. The molecule has 4 nitrogen and oxygen atoms in total.